The van der Waals surface area contributed by atoms with Crippen molar-refractivity contribution in [3.63, 3.8) is 0 Å². The Morgan fingerprint density at radius 2 is 1.84 bits per heavy atom. The molecule has 0 aromatic heterocycles. The summed E-state index contributed by atoms with van der Waals surface area (Å²) in [5.41, 5.74) is 2.18. The van der Waals surface area contributed by atoms with Crippen LogP contribution < -0.4 is 4.90 Å². The van der Waals surface area contributed by atoms with Crippen molar-refractivity contribution in [2.24, 2.45) is 0 Å². The van der Waals surface area contributed by atoms with Crippen molar-refractivity contribution in [2.75, 3.05) is 44.2 Å². The minimum atomic E-state index is -0.404. The van der Waals surface area contributed by atoms with E-state index in [1.807, 2.05) is 12.1 Å². The Balaban J connectivity index is 1.97. The van der Waals surface area contributed by atoms with Gasteiger partial charge in [0.15, 0.2) is 0 Å². The summed E-state index contributed by atoms with van der Waals surface area (Å²) in [7, 11) is 0. The van der Waals surface area contributed by atoms with Crippen LogP contribution in [0.3, 0.4) is 0 Å². The minimum Gasteiger partial charge on any atom is -0.395 e. The number of aliphatic hydroxyl groups excluding tert-OH is 2. The van der Waals surface area contributed by atoms with Crippen LogP contribution in [-0.2, 0) is 0 Å². The highest BCUT2D eigenvalue weighted by atomic mass is 16.3. The Morgan fingerprint density at radius 1 is 1.11 bits per heavy atom. The van der Waals surface area contributed by atoms with E-state index in [1.165, 1.54) is 5.69 Å². The summed E-state index contributed by atoms with van der Waals surface area (Å²) >= 11 is 0. The molecule has 2 N–H and O–H groups in total. The molecule has 4 nitrogen and oxygen atoms in total. The lowest BCUT2D eigenvalue weighted by Crippen LogP contribution is -2.32. The van der Waals surface area contributed by atoms with Crippen LogP contribution in [0.2, 0.25) is 0 Å². The predicted octanol–water partition coefficient (Wildman–Crippen LogP) is 1.24. The number of aliphatic hydroxyl groups is 2. The van der Waals surface area contributed by atoms with Gasteiger partial charge in [0.25, 0.3) is 0 Å². The van der Waals surface area contributed by atoms with Crippen molar-refractivity contribution in [3.05, 3.63) is 29.8 Å². The fraction of sp³-hybridized carbons (Fsp3) is 0.600. The molecule has 4 heteroatoms. The fourth-order valence-electron chi connectivity index (χ4n) is 2.56. The molecular formula is C15H24N2O2. The Hall–Kier alpha value is -1.10. The maximum Gasteiger partial charge on any atom is 0.0761 e. The summed E-state index contributed by atoms with van der Waals surface area (Å²) in [5, 5.41) is 18.5. The molecule has 0 bridgehead atoms. The zero-order chi connectivity index (χ0) is 13.7. The molecule has 2 rings (SSSR count). The van der Waals surface area contributed by atoms with Crippen LogP contribution in [0.5, 0.6) is 0 Å². The molecule has 0 aliphatic carbocycles. The Bertz CT molecular complexity index is 378. The highest BCUT2D eigenvalue weighted by Crippen LogP contribution is 2.20. The number of benzene rings is 1. The summed E-state index contributed by atoms with van der Waals surface area (Å²) in [4.78, 5) is 4.69. The first-order valence-corrected chi connectivity index (χ1v) is 7.07. The molecule has 1 atom stereocenters. The van der Waals surface area contributed by atoms with Crippen molar-refractivity contribution >= 4 is 5.69 Å². The second kappa shape index (κ2) is 6.89. The summed E-state index contributed by atoms with van der Waals surface area (Å²) in [5.74, 6) is 0. The number of nitrogens with zero attached hydrogens (tertiary/aromatic N) is 2. The molecule has 1 unspecified atom stereocenters. The summed E-state index contributed by atoms with van der Waals surface area (Å²) < 4.78 is 0. The quantitative estimate of drug-likeness (QED) is 0.859. The Kier molecular flexibility index (Phi) is 5.19. The molecular weight excluding hydrogens is 240 g/mol. The predicted molar refractivity (Wildman–Crippen MR) is 77.4 cm³/mol. The molecule has 0 saturated carbocycles. The highest BCUT2D eigenvalue weighted by molar-refractivity contribution is 5.48. The average Bonchev–Trinajstić information content (AvgIpc) is 2.65. The monoisotopic (exact) mass is 264 g/mol. The summed E-state index contributed by atoms with van der Waals surface area (Å²) in [6, 6.07) is 8.17. The van der Waals surface area contributed by atoms with Gasteiger partial charge in [-0.2, -0.15) is 0 Å². The number of hydrogen-bond acceptors (Lipinski definition) is 4. The summed E-state index contributed by atoms with van der Waals surface area (Å²) in [6.45, 7) is 6.90. The lowest BCUT2D eigenvalue weighted by Gasteiger charge is -2.23. The van der Waals surface area contributed by atoms with Gasteiger partial charge in [0.05, 0.1) is 12.7 Å². The van der Waals surface area contributed by atoms with Gasteiger partial charge < -0.3 is 15.1 Å². The maximum atomic E-state index is 9.52. The van der Waals surface area contributed by atoms with E-state index in [2.05, 4.69) is 21.9 Å². The number of hydrogen-bond donors (Lipinski definition) is 2. The molecule has 1 aliphatic rings. The highest BCUT2D eigenvalue weighted by Gasteiger charge is 2.14. The van der Waals surface area contributed by atoms with Gasteiger partial charge in [-0.1, -0.05) is 12.1 Å². The lowest BCUT2D eigenvalue weighted by molar-refractivity contribution is 0.199. The van der Waals surface area contributed by atoms with Gasteiger partial charge in [-0.25, -0.2) is 0 Å². The van der Waals surface area contributed by atoms with E-state index in [-0.39, 0.29) is 6.61 Å². The van der Waals surface area contributed by atoms with Gasteiger partial charge in [0.1, 0.15) is 0 Å². The molecule has 1 aromatic rings. The zero-order valence-electron chi connectivity index (χ0n) is 11.6. The van der Waals surface area contributed by atoms with Crippen LogP contribution in [0.15, 0.2) is 24.3 Å². The van der Waals surface area contributed by atoms with Crippen LogP contribution in [0.4, 0.5) is 5.69 Å². The van der Waals surface area contributed by atoms with Gasteiger partial charge in [0, 0.05) is 31.9 Å². The molecule has 1 aromatic carbocycles. The van der Waals surface area contributed by atoms with Crippen LogP contribution in [0.1, 0.15) is 25.0 Å². The Morgan fingerprint density at radius 3 is 2.47 bits per heavy atom. The smallest absolute Gasteiger partial charge is 0.0761 e. The van der Waals surface area contributed by atoms with E-state index in [0.29, 0.717) is 0 Å². The third kappa shape index (κ3) is 3.93. The Labute approximate surface area is 115 Å². The molecule has 1 heterocycles. The van der Waals surface area contributed by atoms with E-state index >= 15 is 0 Å². The van der Waals surface area contributed by atoms with Crippen LogP contribution in [0, 0.1) is 0 Å². The molecule has 1 aliphatic heterocycles. The first kappa shape index (κ1) is 14.3. The van der Waals surface area contributed by atoms with Crippen molar-refractivity contribution in [3.8, 4) is 0 Å². The molecule has 106 valence electrons. The standard InChI is InChI=1S/C15H24N2O2/c1-13(19)14-3-5-15(6-4-14)17-8-2-7-16(9-10-17)11-12-18/h3-6,13,18-19H,2,7-12H2,1H3. The summed E-state index contributed by atoms with van der Waals surface area (Å²) in [6.07, 6.45) is 0.719. The van der Waals surface area contributed by atoms with Gasteiger partial charge in [-0.15, -0.1) is 0 Å². The number of β-amino-alcohol motifs (C(OH)–C–C–N with tert-alkyl or cyclic N) is 1. The lowest BCUT2D eigenvalue weighted by atomic mass is 10.1. The number of rotatable bonds is 4. The van der Waals surface area contributed by atoms with Crippen molar-refractivity contribution in [1.82, 2.24) is 4.90 Å². The van der Waals surface area contributed by atoms with Crippen molar-refractivity contribution in [2.45, 2.75) is 19.4 Å². The van der Waals surface area contributed by atoms with E-state index < -0.39 is 6.10 Å². The third-order valence-electron chi connectivity index (χ3n) is 3.75. The fourth-order valence-corrected chi connectivity index (χ4v) is 2.56. The van der Waals surface area contributed by atoms with Crippen LogP contribution in [-0.4, -0.2) is 54.4 Å². The molecule has 1 saturated heterocycles. The van der Waals surface area contributed by atoms with E-state index in [4.69, 9.17) is 5.11 Å². The zero-order valence-corrected chi connectivity index (χ0v) is 11.6. The van der Waals surface area contributed by atoms with E-state index in [1.54, 1.807) is 6.92 Å². The van der Waals surface area contributed by atoms with Crippen LogP contribution in [0.25, 0.3) is 0 Å². The van der Waals surface area contributed by atoms with Gasteiger partial charge in [-0.05, 0) is 37.6 Å². The topological polar surface area (TPSA) is 46.9 Å². The van der Waals surface area contributed by atoms with Gasteiger partial charge in [0.2, 0.25) is 0 Å². The van der Waals surface area contributed by atoms with Gasteiger partial charge in [-0.3, -0.25) is 4.90 Å². The average molecular weight is 264 g/mol. The normalized spacial score (nSPS) is 19.2. The van der Waals surface area contributed by atoms with Crippen molar-refractivity contribution in [1.29, 1.82) is 0 Å². The molecule has 19 heavy (non-hydrogen) atoms. The third-order valence-corrected chi connectivity index (χ3v) is 3.75. The minimum absolute atomic E-state index is 0.239. The first-order valence-electron chi connectivity index (χ1n) is 7.07. The SMILES string of the molecule is CC(O)c1ccc(N2CCCN(CCO)CC2)cc1. The molecule has 0 radical (unpaired) electrons. The molecule has 1 fully saturated rings. The van der Waals surface area contributed by atoms with Gasteiger partial charge >= 0.3 is 0 Å². The number of anilines is 1. The van der Waals surface area contributed by atoms with Crippen molar-refractivity contribution < 1.29 is 10.2 Å². The van der Waals surface area contributed by atoms with E-state index in [0.717, 1.165) is 44.7 Å². The van der Waals surface area contributed by atoms with E-state index in [9.17, 15) is 5.11 Å². The first-order chi connectivity index (χ1) is 9.20. The largest absolute Gasteiger partial charge is 0.395 e. The second-order valence-electron chi connectivity index (χ2n) is 5.17. The molecule has 0 amide bonds. The second-order valence-corrected chi connectivity index (χ2v) is 5.17. The molecule has 0 spiro atoms. The van der Waals surface area contributed by atoms with Crippen LogP contribution >= 0.6 is 0 Å². The maximum absolute atomic E-state index is 9.52.